The van der Waals surface area contributed by atoms with Crippen LogP contribution in [0, 0.1) is 17.2 Å². The molecule has 1 amide bonds. The number of morpholine rings is 1. The lowest BCUT2D eigenvalue weighted by molar-refractivity contribution is -0.144. The van der Waals surface area contributed by atoms with Crippen LogP contribution >= 0.6 is 0 Å². The highest BCUT2D eigenvalue weighted by atomic mass is 19.1. The number of benzene rings is 1. The van der Waals surface area contributed by atoms with Crippen LogP contribution < -0.4 is 4.90 Å². The van der Waals surface area contributed by atoms with Crippen molar-refractivity contribution in [2.45, 2.75) is 12.8 Å². The van der Waals surface area contributed by atoms with Gasteiger partial charge in [0, 0.05) is 50.5 Å². The summed E-state index contributed by atoms with van der Waals surface area (Å²) in [6.07, 6.45) is 1.78. The molecule has 0 radical (unpaired) electrons. The van der Waals surface area contributed by atoms with Crippen LogP contribution in [0.15, 0.2) is 24.3 Å². The van der Waals surface area contributed by atoms with E-state index in [-0.39, 0.29) is 23.1 Å². The maximum Gasteiger partial charge on any atom is 0.228 e. The summed E-state index contributed by atoms with van der Waals surface area (Å²) in [4.78, 5) is 17.4. The fourth-order valence-corrected chi connectivity index (χ4v) is 4.47. The van der Waals surface area contributed by atoms with E-state index in [1.807, 2.05) is 11.0 Å². The second kappa shape index (κ2) is 6.92. The molecule has 136 valence electrons. The van der Waals surface area contributed by atoms with Gasteiger partial charge in [-0.1, -0.05) is 6.07 Å². The Balaban J connectivity index is 1.59. The molecule has 3 saturated heterocycles. The maximum absolute atomic E-state index is 13.7. The molecular weight excluding hydrogens is 323 g/mol. The van der Waals surface area contributed by atoms with E-state index in [1.54, 1.807) is 12.1 Å². The van der Waals surface area contributed by atoms with Gasteiger partial charge in [-0.05, 0) is 31.0 Å². The topological polar surface area (TPSA) is 42.0 Å². The summed E-state index contributed by atoms with van der Waals surface area (Å²) in [6, 6.07) is 6.69. The van der Waals surface area contributed by atoms with Crippen molar-refractivity contribution in [3.8, 4) is 0 Å². The summed E-state index contributed by atoms with van der Waals surface area (Å²) in [7, 11) is 0. The smallest absolute Gasteiger partial charge is 0.228 e. The van der Waals surface area contributed by atoms with Crippen LogP contribution in [0.25, 0.3) is 0 Å². The van der Waals surface area contributed by atoms with E-state index in [1.165, 1.54) is 6.07 Å². The Morgan fingerprint density at radius 1 is 1.12 bits per heavy atom. The summed E-state index contributed by atoms with van der Waals surface area (Å²) in [5, 5.41) is 0. The number of hydrogen-bond donors (Lipinski definition) is 0. The highest BCUT2D eigenvalue weighted by Gasteiger charge is 2.51. The first kappa shape index (κ1) is 16.8. The molecule has 0 aliphatic carbocycles. The molecule has 0 bridgehead atoms. The minimum absolute atomic E-state index is 0.0576. The average molecular weight is 348 g/mol. The molecule has 5 nitrogen and oxygen atoms in total. The predicted octanol–water partition coefficient (Wildman–Crippen LogP) is 1.92. The molecule has 25 heavy (non-hydrogen) atoms. The first-order valence-electron chi connectivity index (χ1n) is 9.13. The van der Waals surface area contributed by atoms with Crippen molar-refractivity contribution >= 4 is 11.6 Å². The monoisotopic (exact) mass is 348 g/mol. The molecule has 1 aromatic carbocycles. The van der Waals surface area contributed by atoms with Gasteiger partial charge >= 0.3 is 0 Å². The summed E-state index contributed by atoms with van der Waals surface area (Å²) in [5.74, 6) is -0.0663. The van der Waals surface area contributed by atoms with E-state index in [9.17, 15) is 9.18 Å². The molecule has 1 atom stereocenters. The van der Waals surface area contributed by atoms with Gasteiger partial charge in [-0.2, -0.15) is 0 Å². The molecule has 1 aromatic rings. The Morgan fingerprint density at radius 2 is 1.84 bits per heavy atom. The number of halogens is 1. The Hall–Kier alpha value is -1.66. The van der Waals surface area contributed by atoms with Crippen LogP contribution in [0.4, 0.5) is 10.1 Å². The van der Waals surface area contributed by atoms with Crippen molar-refractivity contribution < 1.29 is 18.7 Å². The van der Waals surface area contributed by atoms with E-state index in [0.29, 0.717) is 46.1 Å². The second-order valence-corrected chi connectivity index (χ2v) is 7.33. The number of ether oxygens (including phenoxy) is 2. The highest BCUT2D eigenvalue weighted by Crippen LogP contribution is 2.46. The molecule has 6 heteroatoms. The van der Waals surface area contributed by atoms with Crippen LogP contribution in [0.3, 0.4) is 0 Å². The van der Waals surface area contributed by atoms with Gasteiger partial charge in [0.2, 0.25) is 5.91 Å². The van der Waals surface area contributed by atoms with E-state index in [4.69, 9.17) is 9.47 Å². The number of carbonyl (C=O) groups is 1. The number of rotatable bonds is 2. The Bertz CT molecular complexity index is 627. The van der Waals surface area contributed by atoms with Crippen molar-refractivity contribution in [2.24, 2.45) is 11.3 Å². The minimum Gasteiger partial charge on any atom is -0.381 e. The van der Waals surface area contributed by atoms with Gasteiger partial charge in [-0.15, -0.1) is 0 Å². The normalized spacial score (nSPS) is 26.2. The number of amides is 1. The first-order chi connectivity index (χ1) is 12.2. The van der Waals surface area contributed by atoms with Gasteiger partial charge in [-0.25, -0.2) is 4.39 Å². The van der Waals surface area contributed by atoms with Gasteiger partial charge < -0.3 is 19.3 Å². The number of hydrogen-bond acceptors (Lipinski definition) is 4. The third kappa shape index (κ3) is 3.25. The Kier molecular flexibility index (Phi) is 4.65. The van der Waals surface area contributed by atoms with Crippen LogP contribution in [-0.4, -0.2) is 63.4 Å². The quantitative estimate of drug-likeness (QED) is 0.819. The highest BCUT2D eigenvalue weighted by molar-refractivity contribution is 5.81. The van der Waals surface area contributed by atoms with Crippen molar-refractivity contribution in [2.75, 3.05) is 57.5 Å². The first-order valence-corrected chi connectivity index (χ1v) is 9.13. The average Bonchev–Trinajstić information content (AvgIpc) is 3.01. The largest absolute Gasteiger partial charge is 0.381 e. The molecule has 1 spiro atoms. The lowest BCUT2D eigenvalue weighted by Crippen LogP contribution is -2.49. The zero-order valence-corrected chi connectivity index (χ0v) is 14.5. The molecule has 3 heterocycles. The Labute approximate surface area is 147 Å². The predicted molar refractivity (Wildman–Crippen MR) is 92.0 cm³/mol. The SMILES string of the molecule is O=C([C@H]1CN(c2cccc(F)c2)CC12CCOCC2)N1CCOCC1. The maximum atomic E-state index is 13.7. The Morgan fingerprint density at radius 3 is 2.56 bits per heavy atom. The molecule has 0 unspecified atom stereocenters. The fourth-order valence-electron chi connectivity index (χ4n) is 4.47. The fraction of sp³-hybridized carbons (Fsp3) is 0.632. The molecule has 0 N–H and O–H groups in total. The number of nitrogens with zero attached hydrogens (tertiary/aromatic N) is 2. The second-order valence-electron chi connectivity index (χ2n) is 7.33. The van der Waals surface area contributed by atoms with E-state index >= 15 is 0 Å². The number of anilines is 1. The lowest BCUT2D eigenvalue weighted by atomic mass is 9.71. The van der Waals surface area contributed by atoms with Gasteiger partial charge in [0.1, 0.15) is 5.82 Å². The van der Waals surface area contributed by atoms with E-state index in [2.05, 4.69) is 4.90 Å². The molecule has 0 aromatic heterocycles. The van der Waals surface area contributed by atoms with Crippen molar-refractivity contribution in [3.63, 3.8) is 0 Å². The summed E-state index contributed by atoms with van der Waals surface area (Å²) >= 11 is 0. The third-order valence-electron chi connectivity index (χ3n) is 5.93. The number of carbonyl (C=O) groups excluding carboxylic acids is 1. The molecule has 4 rings (SSSR count). The molecule has 3 aliphatic rings. The van der Waals surface area contributed by atoms with Crippen LogP contribution in [0.2, 0.25) is 0 Å². The summed E-state index contributed by atoms with van der Waals surface area (Å²) in [5.41, 5.74) is 0.795. The van der Waals surface area contributed by atoms with Crippen LogP contribution in [0.5, 0.6) is 0 Å². The lowest BCUT2D eigenvalue weighted by Gasteiger charge is -2.39. The molecule has 3 fully saturated rings. The zero-order chi connectivity index (χ0) is 17.3. The minimum atomic E-state index is -0.235. The van der Waals surface area contributed by atoms with Crippen LogP contribution in [-0.2, 0) is 14.3 Å². The van der Waals surface area contributed by atoms with Crippen molar-refractivity contribution in [1.29, 1.82) is 0 Å². The van der Waals surface area contributed by atoms with Crippen molar-refractivity contribution in [3.05, 3.63) is 30.1 Å². The van der Waals surface area contributed by atoms with E-state index < -0.39 is 0 Å². The third-order valence-corrected chi connectivity index (χ3v) is 5.93. The summed E-state index contributed by atoms with van der Waals surface area (Å²) < 4.78 is 24.6. The zero-order valence-electron chi connectivity index (χ0n) is 14.5. The summed E-state index contributed by atoms with van der Waals surface area (Å²) in [6.45, 7) is 5.40. The van der Waals surface area contributed by atoms with Crippen molar-refractivity contribution in [1.82, 2.24) is 4.90 Å². The van der Waals surface area contributed by atoms with Crippen LogP contribution in [0.1, 0.15) is 12.8 Å². The van der Waals surface area contributed by atoms with E-state index in [0.717, 1.165) is 25.1 Å². The van der Waals surface area contributed by atoms with Gasteiger partial charge in [-0.3, -0.25) is 4.79 Å². The van der Waals surface area contributed by atoms with Gasteiger partial charge in [0.15, 0.2) is 0 Å². The standard InChI is InChI=1S/C19H25FN2O3/c20-15-2-1-3-16(12-15)22-13-17(18(23)21-6-10-25-11-7-21)19(14-22)4-8-24-9-5-19/h1-3,12,17H,4-11,13-14H2/t17-/m1/s1. The molecule has 0 saturated carbocycles. The van der Waals surface area contributed by atoms with Gasteiger partial charge in [0.25, 0.3) is 0 Å². The van der Waals surface area contributed by atoms with Gasteiger partial charge in [0.05, 0.1) is 19.1 Å². The molecular formula is C19H25FN2O3. The molecule has 3 aliphatic heterocycles.